The van der Waals surface area contributed by atoms with Gasteiger partial charge < -0.3 is 4.74 Å². The van der Waals surface area contributed by atoms with Gasteiger partial charge in [0.1, 0.15) is 0 Å². The Morgan fingerprint density at radius 2 is 2.43 bits per heavy atom. The summed E-state index contributed by atoms with van der Waals surface area (Å²) in [5, 5.41) is 0. The van der Waals surface area contributed by atoms with Gasteiger partial charge in [-0.3, -0.25) is 11.3 Å². The van der Waals surface area contributed by atoms with Crippen LogP contribution < -0.4 is 11.3 Å². The highest BCUT2D eigenvalue weighted by atomic mass is 35.5. The van der Waals surface area contributed by atoms with E-state index in [1.807, 2.05) is 19.1 Å². The highest BCUT2D eigenvalue weighted by Gasteiger charge is 2.11. The van der Waals surface area contributed by atoms with Gasteiger partial charge >= 0.3 is 0 Å². The maximum Gasteiger partial charge on any atom is 0.0931 e. The average Bonchev–Trinajstić information content (AvgIpc) is 2.60. The Bertz CT molecular complexity index is 267. The van der Waals surface area contributed by atoms with Gasteiger partial charge in [0.2, 0.25) is 0 Å². The van der Waals surface area contributed by atoms with Gasteiger partial charge in [0.15, 0.2) is 0 Å². The fourth-order valence-corrected chi connectivity index (χ4v) is 2.32. The second kappa shape index (κ2) is 6.37. The maximum atomic E-state index is 5.84. The summed E-state index contributed by atoms with van der Waals surface area (Å²) >= 11 is 7.39. The van der Waals surface area contributed by atoms with E-state index in [1.165, 1.54) is 0 Å². The van der Waals surface area contributed by atoms with Crippen LogP contribution in [0, 0.1) is 0 Å². The van der Waals surface area contributed by atoms with Crippen molar-refractivity contribution in [3.05, 3.63) is 21.3 Å². The van der Waals surface area contributed by atoms with E-state index >= 15 is 0 Å². The second-order valence-corrected chi connectivity index (χ2v) is 4.59. The molecule has 0 aliphatic carbocycles. The first-order valence-corrected chi connectivity index (χ1v) is 5.76. The Kier molecular flexibility index (Phi) is 5.44. The topological polar surface area (TPSA) is 47.3 Å². The van der Waals surface area contributed by atoms with Crippen LogP contribution in [0.25, 0.3) is 0 Å². The van der Waals surface area contributed by atoms with Crippen molar-refractivity contribution in [2.45, 2.75) is 19.4 Å². The summed E-state index contributed by atoms with van der Waals surface area (Å²) in [6.45, 7) is 3.43. The van der Waals surface area contributed by atoms with Crippen molar-refractivity contribution < 1.29 is 4.74 Å². The van der Waals surface area contributed by atoms with Crippen molar-refractivity contribution >= 4 is 22.9 Å². The standard InChI is InChI=1S/C9H15ClN2OS/c1-2-13-6-5-7(12-11)8-3-4-9(10)14-8/h3-4,7,12H,2,5-6,11H2,1H3. The van der Waals surface area contributed by atoms with E-state index in [0.717, 1.165) is 22.2 Å². The molecule has 0 aromatic carbocycles. The molecule has 1 aromatic rings. The molecule has 0 radical (unpaired) electrons. The average molecular weight is 235 g/mol. The van der Waals surface area contributed by atoms with Gasteiger partial charge in [-0.1, -0.05) is 11.6 Å². The summed E-state index contributed by atoms with van der Waals surface area (Å²) in [6, 6.07) is 4.01. The smallest absolute Gasteiger partial charge is 0.0931 e. The van der Waals surface area contributed by atoms with Crippen LogP contribution in [0.1, 0.15) is 24.3 Å². The molecular formula is C9H15ClN2OS. The minimum absolute atomic E-state index is 0.138. The van der Waals surface area contributed by atoms with E-state index in [0.29, 0.717) is 6.61 Å². The lowest BCUT2D eigenvalue weighted by Gasteiger charge is -2.13. The highest BCUT2D eigenvalue weighted by molar-refractivity contribution is 7.16. The number of nitrogens with two attached hydrogens (primary N) is 1. The monoisotopic (exact) mass is 234 g/mol. The molecule has 0 bridgehead atoms. The maximum absolute atomic E-state index is 5.84. The van der Waals surface area contributed by atoms with Crippen molar-refractivity contribution in [3.63, 3.8) is 0 Å². The molecule has 0 fully saturated rings. The molecule has 1 atom stereocenters. The molecule has 3 nitrogen and oxygen atoms in total. The summed E-state index contributed by atoms with van der Waals surface area (Å²) in [7, 11) is 0. The Balaban J connectivity index is 2.45. The molecule has 0 amide bonds. The summed E-state index contributed by atoms with van der Waals surface area (Å²) in [5.41, 5.74) is 2.76. The molecule has 0 saturated carbocycles. The van der Waals surface area contributed by atoms with E-state index in [1.54, 1.807) is 11.3 Å². The Morgan fingerprint density at radius 1 is 1.64 bits per heavy atom. The van der Waals surface area contributed by atoms with Crippen molar-refractivity contribution in [1.82, 2.24) is 5.43 Å². The van der Waals surface area contributed by atoms with Gasteiger partial charge in [0.05, 0.1) is 10.4 Å². The van der Waals surface area contributed by atoms with Crippen molar-refractivity contribution in [2.24, 2.45) is 5.84 Å². The van der Waals surface area contributed by atoms with Gasteiger partial charge in [-0.25, -0.2) is 0 Å². The molecule has 80 valence electrons. The summed E-state index contributed by atoms with van der Waals surface area (Å²) in [6.07, 6.45) is 0.862. The van der Waals surface area contributed by atoms with Gasteiger partial charge in [0, 0.05) is 18.1 Å². The SMILES string of the molecule is CCOCCC(NN)c1ccc(Cl)s1. The zero-order valence-electron chi connectivity index (χ0n) is 8.13. The van der Waals surface area contributed by atoms with Crippen LogP contribution in [0.5, 0.6) is 0 Å². The summed E-state index contributed by atoms with van der Waals surface area (Å²) in [5.74, 6) is 5.45. The number of rotatable bonds is 6. The molecule has 0 aliphatic heterocycles. The number of nitrogens with one attached hydrogen (secondary N) is 1. The van der Waals surface area contributed by atoms with Crippen molar-refractivity contribution in [1.29, 1.82) is 0 Å². The Hall–Kier alpha value is -0.130. The number of thiophene rings is 1. The fourth-order valence-electron chi connectivity index (χ4n) is 1.17. The van der Waals surface area contributed by atoms with Crippen LogP contribution >= 0.6 is 22.9 Å². The number of halogens is 1. The quantitative estimate of drug-likeness (QED) is 0.451. The number of hydrazine groups is 1. The van der Waals surface area contributed by atoms with Crippen LogP contribution in [0.15, 0.2) is 12.1 Å². The molecule has 3 N–H and O–H groups in total. The van der Waals surface area contributed by atoms with E-state index in [2.05, 4.69) is 5.43 Å². The van der Waals surface area contributed by atoms with Gasteiger partial charge in [-0.2, -0.15) is 0 Å². The van der Waals surface area contributed by atoms with Gasteiger partial charge in [-0.15, -0.1) is 11.3 Å². The van der Waals surface area contributed by atoms with Crippen LogP contribution in [0.4, 0.5) is 0 Å². The molecule has 1 rings (SSSR count). The fraction of sp³-hybridized carbons (Fsp3) is 0.556. The Labute approximate surface area is 93.2 Å². The predicted octanol–water partition coefficient (Wildman–Crippen LogP) is 2.33. The molecule has 0 spiro atoms. The molecule has 14 heavy (non-hydrogen) atoms. The second-order valence-electron chi connectivity index (χ2n) is 2.85. The molecule has 1 unspecified atom stereocenters. The Morgan fingerprint density at radius 3 is 2.93 bits per heavy atom. The molecular weight excluding hydrogens is 220 g/mol. The molecule has 0 saturated heterocycles. The van der Waals surface area contributed by atoms with E-state index in [-0.39, 0.29) is 6.04 Å². The van der Waals surface area contributed by atoms with Crippen LogP contribution in [-0.2, 0) is 4.74 Å². The van der Waals surface area contributed by atoms with Crippen LogP contribution in [-0.4, -0.2) is 13.2 Å². The first-order valence-electron chi connectivity index (χ1n) is 4.57. The lowest BCUT2D eigenvalue weighted by atomic mass is 10.2. The summed E-state index contributed by atoms with van der Waals surface area (Å²) < 4.78 is 6.06. The molecule has 5 heteroatoms. The van der Waals surface area contributed by atoms with Gasteiger partial charge in [0.25, 0.3) is 0 Å². The molecule has 1 aromatic heterocycles. The molecule has 1 heterocycles. The van der Waals surface area contributed by atoms with Crippen molar-refractivity contribution in [3.8, 4) is 0 Å². The first kappa shape index (κ1) is 11.9. The third-order valence-electron chi connectivity index (χ3n) is 1.89. The normalized spacial score (nSPS) is 13.1. The minimum Gasteiger partial charge on any atom is -0.382 e. The largest absolute Gasteiger partial charge is 0.382 e. The third-order valence-corrected chi connectivity index (χ3v) is 3.24. The lowest BCUT2D eigenvalue weighted by molar-refractivity contribution is 0.136. The number of ether oxygens (including phenoxy) is 1. The van der Waals surface area contributed by atoms with E-state index in [4.69, 9.17) is 22.2 Å². The molecule has 0 aliphatic rings. The van der Waals surface area contributed by atoms with Crippen LogP contribution in [0.2, 0.25) is 4.34 Å². The van der Waals surface area contributed by atoms with Gasteiger partial charge in [-0.05, 0) is 25.5 Å². The first-order chi connectivity index (χ1) is 6.77. The van der Waals surface area contributed by atoms with E-state index in [9.17, 15) is 0 Å². The zero-order chi connectivity index (χ0) is 10.4. The van der Waals surface area contributed by atoms with Crippen LogP contribution in [0.3, 0.4) is 0 Å². The zero-order valence-corrected chi connectivity index (χ0v) is 9.70. The summed E-state index contributed by atoms with van der Waals surface area (Å²) in [4.78, 5) is 1.15. The predicted molar refractivity (Wildman–Crippen MR) is 60.5 cm³/mol. The van der Waals surface area contributed by atoms with Crippen molar-refractivity contribution in [2.75, 3.05) is 13.2 Å². The lowest BCUT2D eigenvalue weighted by Crippen LogP contribution is -2.28. The minimum atomic E-state index is 0.138. The van der Waals surface area contributed by atoms with E-state index < -0.39 is 0 Å². The number of hydrogen-bond donors (Lipinski definition) is 2. The highest BCUT2D eigenvalue weighted by Crippen LogP contribution is 2.28. The third kappa shape index (κ3) is 3.55. The number of hydrogen-bond acceptors (Lipinski definition) is 4.